The van der Waals surface area contributed by atoms with Crippen molar-refractivity contribution < 1.29 is 23.8 Å². The molecule has 16 heavy (non-hydrogen) atoms. The van der Waals surface area contributed by atoms with E-state index in [0.717, 1.165) is 0 Å². The molecule has 0 aromatic heterocycles. The average Bonchev–Trinajstić information content (AvgIpc) is 2.19. The SMILES string of the molecule is CC(=O)O[C@H]1C[C@H](C#N)OC[C@H]1OC(C)=O. The third-order valence-corrected chi connectivity index (χ3v) is 2.10. The molecular formula is C10H13NO5. The van der Waals surface area contributed by atoms with Crippen molar-refractivity contribution >= 4 is 11.9 Å². The molecule has 1 aliphatic rings. The highest BCUT2D eigenvalue weighted by atomic mass is 16.6. The van der Waals surface area contributed by atoms with Crippen LogP contribution in [0.4, 0.5) is 0 Å². The maximum atomic E-state index is 10.9. The fraction of sp³-hybridized carbons (Fsp3) is 0.700. The number of hydrogen-bond acceptors (Lipinski definition) is 6. The zero-order chi connectivity index (χ0) is 12.1. The highest BCUT2D eigenvalue weighted by molar-refractivity contribution is 5.67. The van der Waals surface area contributed by atoms with Crippen LogP contribution in [0.2, 0.25) is 0 Å². The van der Waals surface area contributed by atoms with Crippen molar-refractivity contribution in [3.63, 3.8) is 0 Å². The number of carbonyl (C=O) groups is 2. The predicted octanol–water partition coefficient (Wildman–Crippen LogP) is 0.162. The third kappa shape index (κ3) is 3.51. The van der Waals surface area contributed by atoms with Crippen molar-refractivity contribution in [2.24, 2.45) is 0 Å². The number of hydrogen-bond donors (Lipinski definition) is 0. The fourth-order valence-electron chi connectivity index (χ4n) is 1.50. The molecule has 6 nitrogen and oxygen atoms in total. The van der Waals surface area contributed by atoms with Crippen LogP contribution in [0.3, 0.4) is 0 Å². The molecule has 0 aromatic carbocycles. The minimum absolute atomic E-state index is 0.0652. The van der Waals surface area contributed by atoms with Crippen LogP contribution >= 0.6 is 0 Å². The molecule has 0 N–H and O–H groups in total. The molecule has 0 spiro atoms. The highest BCUT2D eigenvalue weighted by Gasteiger charge is 2.35. The van der Waals surface area contributed by atoms with E-state index in [9.17, 15) is 9.59 Å². The topological polar surface area (TPSA) is 85.6 Å². The van der Waals surface area contributed by atoms with Gasteiger partial charge in [-0.25, -0.2) is 0 Å². The summed E-state index contributed by atoms with van der Waals surface area (Å²) in [5, 5.41) is 8.69. The molecule has 0 radical (unpaired) electrons. The quantitative estimate of drug-likeness (QED) is 0.625. The van der Waals surface area contributed by atoms with Gasteiger partial charge >= 0.3 is 11.9 Å². The molecule has 6 heteroatoms. The Morgan fingerprint density at radius 2 is 1.81 bits per heavy atom. The molecule has 88 valence electrons. The van der Waals surface area contributed by atoms with Crippen LogP contribution < -0.4 is 0 Å². The lowest BCUT2D eigenvalue weighted by atomic mass is 10.0. The normalized spacial score (nSPS) is 28.9. The summed E-state index contributed by atoms with van der Waals surface area (Å²) >= 11 is 0. The Morgan fingerprint density at radius 1 is 1.25 bits per heavy atom. The molecule has 0 saturated carbocycles. The van der Waals surface area contributed by atoms with Crippen LogP contribution in [0, 0.1) is 11.3 Å². The predicted molar refractivity (Wildman–Crippen MR) is 51.1 cm³/mol. The smallest absolute Gasteiger partial charge is 0.303 e. The second kappa shape index (κ2) is 5.47. The molecule has 1 fully saturated rings. The number of esters is 2. The van der Waals surface area contributed by atoms with Crippen molar-refractivity contribution in [3.8, 4) is 6.07 Å². The number of rotatable bonds is 2. The third-order valence-electron chi connectivity index (χ3n) is 2.10. The van der Waals surface area contributed by atoms with Crippen LogP contribution in [0.15, 0.2) is 0 Å². The second-order valence-corrected chi connectivity index (χ2v) is 3.48. The summed E-state index contributed by atoms with van der Waals surface area (Å²) in [6, 6.07) is 1.93. The van der Waals surface area contributed by atoms with E-state index in [1.54, 1.807) is 0 Å². The Kier molecular flexibility index (Phi) is 4.26. The van der Waals surface area contributed by atoms with Gasteiger partial charge in [0.05, 0.1) is 12.7 Å². The Hall–Kier alpha value is -1.61. The summed E-state index contributed by atoms with van der Waals surface area (Å²) in [6.45, 7) is 2.60. The molecule has 0 unspecified atom stereocenters. The minimum atomic E-state index is -0.633. The van der Waals surface area contributed by atoms with E-state index < -0.39 is 30.3 Å². The van der Waals surface area contributed by atoms with Crippen LogP contribution in [-0.4, -0.2) is 36.9 Å². The summed E-state index contributed by atoms with van der Waals surface area (Å²) < 4.78 is 15.1. The van der Waals surface area contributed by atoms with Crippen molar-refractivity contribution in [1.82, 2.24) is 0 Å². The molecule has 1 saturated heterocycles. The number of ether oxygens (including phenoxy) is 3. The van der Waals surface area contributed by atoms with Crippen LogP contribution in [0.25, 0.3) is 0 Å². The molecule has 1 aliphatic heterocycles. The summed E-state index contributed by atoms with van der Waals surface area (Å²) in [6.07, 6.45) is -1.66. The first-order valence-corrected chi connectivity index (χ1v) is 4.88. The van der Waals surface area contributed by atoms with Gasteiger partial charge in [0.1, 0.15) is 12.2 Å². The van der Waals surface area contributed by atoms with E-state index in [4.69, 9.17) is 19.5 Å². The van der Waals surface area contributed by atoms with Crippen molar-refractivity contribution in [2.45, 2.75) is 38.6 Å². The molecule has 0 bridgehead atoms. The maximum absolute atomic E-state index is 10.9. The Labute approximate surface area is 93.1 Å². The number of nitriles is 1. The largest absolute Gasteiger partial charge is 0.458 e. The van der Waals surface area contributed by atoms with Crippen molar-refractivity contribution in [3.05, 3.63) is 0 Å². The summed E-state index contributed by atoms with van der Waals surface area (Å²) in [5.41, 5.74) is 0. The lowest BCUT2D eigenvalue weighted by Gasteiger charge is -2.32. The molecule has 0 aromatic rings. The van der Waals surface area contributed by atoms with Gasteiger partial charge in [0, 0.05) is 20.3 Å². The van der Waals surface area contributed by atoms with Gasteiger partial charge in [-0.2, -0.15) is 5.26 Å². The molecule has 0 amide bonds. The molecule has 1 heterocycles. The average molecular weight is 227 g/mol. The van der Waals surface area contributed by atoms with Crippen LogP contribution in [0.5, 0.6) is 0 Å². The van der Waals surface area contributed by atoms with Crippen molar-refractivity contribution in [2.75, 3.05) is 6.61 Å². The standard InChI is InChI=1S/C10H13NO5/c1-6(12)15-9-3-8(4-11)14-5-10(9)16-7(2)13/h8-10H,3,5H2,1-2H3/t8-,9+,10-/m1/s1. The molecular weight excluding hydrogens is 214 g/mol. The summed E-state index contributed by atoms with van der Waals surface area (Å²) in [5.74, 6) is -0.943. The lowest BCUT2D eigenvalue weighted by Crippen LogP contribution is -2.45. The van der Waals surface area contributed by atoms with Gasteiger partial charge in [-0.1, -0.05) is 0 Å². The number of carbonyl (C=O) groups excluding carboxylic acids is 2. The van der Waals surface area contributed by atoms with Gasteiger partial charge in [0.2, 0.25) is 0 Å². The Morgan fingerprint density at radius 3 is 2.31 bits per heavy atom. The van der Waals surface area contributed by atoms with Gasteiger partial charge in [-0.05, 0) is 0 Å². The van der Waals surface area contributed by atoms with Gasteiger partial charge in [0.15, 0.2) is 6.10 Å². The monoisotopic (exact) mass is 227 g/mol. The Bertz CT molecular complexity index is 322. The number of nitrogens with zero attached hydrogens (tertiary/aromatic N) is 1. The van der Waals surface area contributed by atoms with E-state index >= 15 is 0 Å². The van der Waals surface area contributed by atoms with Gasteiger partial charge in [-0.15, -0.1) is 0 Å². The highest BCUT2D eigenvalue weighted by Crippen LogP contribution is 2.20. The Balaban J connectivity index is 2.64. The first-order valence-electron chi connectivity index (χ1n) is 4.88. The maximum Gasteiger partial charge on any atom is 0.303 e. The van der Waals surface area contributed by atoms with E-state index in [-0.39, 0.29) is 13.0 Å². The molecule has 3 atom stereocenters. The van der Waals surface area contributed by atoms with Gasteiger partial charge in [-0.3, -0.25) is 9.59 Å². The van der Waals surface area contributed by atoms with E-state index in [2.05, 4.69) is 0 Å². The van der Waals surface area contributed by atoms with Crippen molar-refractivity contribution in [1.29, 1.82) is 5.26 Å². The van der Waals surface area contributed by atoms with E-state index in [0.29, 0.717) is 0 Å². The summed E-state index contributed by atoms with van der Waals surface area (Å²) in [7, 11) is 0. The van der Waals surface area contributed by atoms with E-state index in [1.165, 1.54) is 13.8 Å². The fourth-order valence-corrected chi connectivity index (χ4v) is 1.50. The first-order chi connectivity index (χ1) is 7.52. The zero-order valence-corrected chi connectivity index (χ0v) is 9.13. The van der Waals surface area contributed by atoms with E-state index in [1.807, 2.05) is 6.07 Å². The minimum Gasteiger partial charge on any atom is -0.458 e. The lowest BCUT2D eigenvalue weighted by molar-refractivity contribution is -0.183. The summed E-state index contributed by atoms with van der Waals surface area (Å²) in [4.78, 5) is 21.7. The molecule has 1 rings (SSSR count). The van der Waals surface area contributed by atoms with Gasteiger partial charge in [0.25, 0.3) is 0 Å². The first kappa shape index (κ1) is 12.5. The van der Waals surface area contributed by atoms with Gasteiger partial charge < -0.3 is 14.2 Å². The molecule has 0 aliphatic carbocycles. The zero-order valence-electron chi connectivity index (χ0n) is 9.13. The van der Waals surface area contributed by atoms with Crippen LogP contribution in [-0.2, 0) is 23.8 Å². The van der Waals surface area contributed by atoms with Crippen LogP contribution in [0.1, 0.15) is 20.3 Å². The second-order valence-electron chi connectivity index (χ2n) is 3.48.